The molecule has 0 aliphatic carbocycles. The molecule has 0 saturated carbocycles. The van der Waals surface area contributed by atoms with E-state index < -0.39 is 0 Å². The number of anilines is 1. The van der Waals surface area contributed by atoms with E-state index in [0.29, 0.717) is 0 Å². The average Bonchev–Trinajstić information content (AvgIpc) is 2.84. The fourth-order valence-electron chi connectivity index (χ4n) is 2.25. The summed E-state index contributed by atoms with van der Waals surface area (Å²) >= 11 is 1.68. The van der Waals surface area contributed by atoms with Crippen LogP contribution in [0.15, 0.2) is 29.0 Å². The van der Waals surface area contributed by atoms with Gasteiger partial charge in [0.2, 0.25) is 0 Å². The van der Waals surface area contributed by atoms with Crippen LogP contribution < -0.4 is 5.32 Å². The van der Waals surface area contributed by atoms with E-state index in [2.05, 4.69) is 41.0 Å². The van der Waals surface area contributed by atoms with E-state index in [1.807, 2.05) is 19.2 Å². The van der Waals surface area contributed by atoms with E-state index in [0.717, 1.165) is 28.1 Å². The molecule has 4 heteroatoms. The molecule has 0 saturated heterocycles. The highest BCUT2D eigenvalue weighted by molar-refractivity contribution is 7.08. The number of rotatable bonds is 2. The second kappa shape index (κ2) is 4.63. The summed E-state index contributed by atoms with van der Waals surface area (Å²) in [5.41, 5.74) is 4.51. The monoisotopic (exact) mass is 269 g/mol. The van der Waals surface area contributed by atoms with Crippen LogP contribution in [0.4, 0.5) is 5.82 Å². The van der Waals surface area contributed by atoms with Crippen LogP contribution in [0.2, 0.25) is 0 Å². The highest BCUT2D eigenvalue weighted by atomic mass is 32.1. The van der Waals surface area contributed by atoms with Gasteiger partial charge in [-0.2, -0.15) is 11.3 Å². The zero-order valence-corrected chi connectivity index (χ0v) is 12.0. The Bertz CT molecular complexity index is 746. The maximum absolute atomic E-state index is 4.70. The van der Waals surface area contributed by atoms with Crippen molar-refractivity contribution in [1.82, 2.24) is 9.97 Å². The Morgan fingerprint density at radius 2 is 1.89 bits per heavy atom. The van der Waals surface area contributed by atoms with Gasteiger partial charge in [0.05, 0.1) is 5.52 Å². The van der Waals surface area contributed by atoms with Crippen LogP contribution in [0.3, 0.4) is 0 Å². The number of nitrogens with zero attached hydrogens (tertiary/aromatic N) is 2. The topological polar surface area (TPSA) is 37.8 Å². The molecule has 19 heavy (non-hydrogen) atoms. The maximum Gasteiger partial charge on any atom is 0.163 e. The van der Waals surface area contributed by atoms with Gasteiger partial charge in [-0.05, 0) is 36.4 Å². The second-order valence-corrected chi connectivity index (χ2v) is 5.33. The fourth-order valence-corrected chi connectivity index (χ4v) is 3.07. The van der Waals surface area contributed by atoms with E-state index >= 15 is 0 Å². The van der Waals surface area contributed by atoms with Gasteiger partial charge in [-0.3, -0.25) is 0 Å². The molecule has 0 radical (unpaired) electrons. The summed E-state index contributed by atoms with van der Waals surface area (Å²) in [4.78, 5) is 9.37. The normalized spacial score (nSPS) is 10.9. The number of hydrogen-bond acceptors (Lipinski definition) is 4. The number of aromatic nitrogens is 2. The smallest absolute Gasteiger partial charge is 0.163 e. The molecule has 3 nitrogen and oxygen atoms in total. The predicted molar refractivity (Wildman–Crippen MR) is 81.9 cm³/mol. The second-order valence-electron chi connectivity index (χ2n) is 4.58. The third-order valence-corrected chi connectivity index (χ3v) is 4.13. The molecule has 0 spiro atoms. The van der Waals surface area contributed by atoms with E-state index in [-0.39, 0.29) is 0 Å². The van der Waals surface area contributed by atoms with Gasteiger partial charge < -0.3 is 5.32 Å². The SMILES string of the molecule is CNc1nc(-c2cscc2C)nc2cccc(C)c12. The largest absolute Gasteiger partial charge is 0.373 e. The molecule has 0 atom stereocenters. The zero-order valence-electron chi connectivity index (χ0n) is 11.2. The predicted octanol–water partition coefficient (Wildman–Crippen LogP) is 4.02. The summed E-state index contributed by atoms with van der Waals surface area (Å²) < 4.78 is 0. The summed E-state index contributed by atoms with van der Waals surface area (Å²) in [5.74, 6) is 1.69. The summed E-state index contributed by atoms with van der Waals surface area (Å²) in [5, 5.41) is 8.51. The Hall–Kier alpha value is -1.94. The fraction of sp³-hybridized carbons (Fsp3) is 0.200. The zero-order chi connectivity index (χ0) is 13.4. The molecule has 3 aromatic rings. The molecule has 0 bridgehead atoms. The van der Waals surface area contributed by atoms with Crippen LogP contribution in [0.25, 0.3) is 22.3 Å². The molecule has 0 fully saturated rings. The number of nitrogens with one attached hydrogen (secondary N) is 1. The number of aryl methyl sites for hydroxylation is 2. The van der Waals surface area contributed by atoms with Gasteiger partial charge in [0, 0.05) is 23.4 Å². The Labute approximate surface area is 116 Å². The lowest BCUT2D eigenvalue weighted by molar-refractivity contribution is 1.20. The molecule has 96 valence electrons. The van der Waals surface area contributed by atoms with Crippen molar-refractivity contribution in [2.24, 2.45) is 0 Å². The number of benzene rings is 1. The Morgan fingerprint density at radius 1 is 1.05 bits per heavy atom. The van der Waals surface area contributed by atoms with Crippen molar-refractivity contribution in [2.45, 2.75) is 13.8 Å². The highest BCUT2D eigenvalue weighted by Gasteiger charge is 2.12. The third kappa shape index (κ3) is 1.98. The Balaban J connectivity index is 2.33. The van der Waals surface area contributed by atoms with E-state index in [1.54, 1.807) is 11.3 Å². The molecular weight excluding hydrogens is 254 g/mol. The van der Waals surface area contributed by atoms with Crippen LogP contribution in [0, 0.1) is 13.8 Å². The van der Waals surface area contributed by atoms with Crippen molar-refractivity contribution in [3.8, 4) is 11.4 Å². The highest BCUT2D eigenvalue weighted by Crippen LogP contribution is 2.29. The van der Waals surface area contributed by atoms with Gasteiger partial charge in [-0.1, -0.05) is 12.1 Å². The molecule has 0 aliphatic heterocycles. The first kappa shape index (κ1) is 12.1. The van der Waals surface area contributed by atoms with Crippen LogP contribution in [0.5, 0.6) is 0 Å². The summed E-state index contributed by atoms with van der Waals surface area (Å²) in [6.45, 7) is 4.18. The summed E-state index contributed by atoms with van der Waals surface area (Å²) in [6, 6.07) is 6.16. The molecule has 0 unspecified atom stereocenters. The first-order chi connectivity index (χ1) is 9.20. The van der Waals surface area contributed by atoms with E-state index in [4.69, 9.17) is 4.98 Å². The first-order valence-electron chi connectivity index (χ1n) is 6.19. The molecule has 2 aromatic heterocycles. The summed E-state index contributed by atoms with van der Waals surface area (Å²) in [7, 11) is 1.90. The minimum Gasteiger partial charge on any atom is -0.373 e. The minimum atomic E-state index is 0.793. The molecule has 1 aromatic carbocycles. The van der Waals surface area contributed by atoms with Gasteiger partial charge in [0.25, 0.3) is 0 Å². The molecule has 0 amide bonds. The molecule has 1 N–H and O–H groups in total. The van der Waals surface area contributed by atoms with Crippen LogP contribution in [-0.4, -0.2) is 17.0 Å². The number of fused-ring (bicyclic) bond motifs is 1. The number of thiophene rings is 1. The van der Waals surface area contributed by atoms with Crippen LogP contribution >= 0.6 is 11.3 Å². The minimum absolute atomic E-state index is 0.793. The quantitative estimate of drug-likeness (QED) is 0.763. The third-order valence-electron chi connectivity index (χ3n) is 3.26. The van der Waals surface area contributed by atoms with Crippen molar-refractivity contribution >= 4 is 28.1 Å². The van der Waals surface area contributed by atoms with Crippen molar-refractivity contribution in [3.05, 3.63) is 40.1 Å². The van der Waals surface area contributed by atoms with E-state index in [9.17, 15) is 0 Å². The maximum atomic E-state index is 4.70. The van der Waals surface area contributed by atoms with Crippen molar-refractivity contribution in [2.75, 3.05) is 12.4 Å². The van der Waals surface area contributed by atoms with Gasteiger partial charge in [-0.15, -0.1) is 0 Å². The van der Waals surface area contributed by atoms with Crippen molar-refractivity contribution in [1.29, 1.82) is 0 Å². The van der Waals surface area contributed by atoms with Crippen molar-refractivity contribution < 1.29 is 0 Å². The van der Waals surface area contributed by atoms with Gasteiger partial charge >= 0.3 is 0 Å². The van der Waals surface area contributed by atoms with Crippen LogP contribution in [-0.2, 0) is 0 Å². The number of hydrogen-bond donors (Lipinski definition) is 1. The average molecular weight is 269 g/mol. The molecule has 2 heterocycles. The lowest BCUT2D eigenvalue weighted by Crippen LogP contribution is -2.00. The van der Waals surface area contributed by atoms with Gasteiger partial charge in [-0.25, -0.2) is 9.97 Å². The van der Waals surface area contributed by atoms with Gasteiger partial charge in [0.1, 0.15) is 5.82 Å². The van der Waals surface area contributed by atoms with E-state index in [1.165, 1.54) is 11.1 Å². The Kier molecular flexibility index (Phi) is 2.95. The first-order valence-corrected chi connectivity index (χ1v) is 7.13. The summed E-state index contributed by atoms with van der Waals surface area (Å²) in [6.07, 6.45) is 0. The molecule has 3 rings (SSSR count). The molecule has 0 aliphatic rings. The lowest BCUT2D eigenvalue weighted by Gasteiger charge is -2.10. The van der Waals surface area contributed by atoms with Crippen molar-refractivity contribution in [3.63, 3.8) is 0 Å². The standard InChI is InChI=1S/C15H15N3S/c1-9-5-4-6-12-13(9)15(16-3)18-14(17-12)11-8-19-7-10(11)2/h4-8H,1-3H3,(H,16,17,18). The molecular formula is C15H15N3S. The lowest BCUT2D eigenvalue weighted by atomic mass is 10.1. The Morgan fingerprint density at radius 3 is 2.58 bits per heavy atom. The van der Waals surface area contributed by atoms with Gasteiger partial charge in [0.15, 0.2) is 5.82 Å². The van der Waals surface area contributed by atoms with Crippen LogP contribution in [0.1, 0.15) is 11.1 Å².